The molecular formula is C13H12INO. The van der Waals surface area contributed by atoms with Crippen LogP contribution in [0, 0.1) is 10.5 Å². The predicted octanol–water partition coefficient (Wildman–Crippen LogP) is 3.57. The summed E-state index contributed by atoms with van der Waals surface area (Å²) in [7, 11) is 0. The minimum atomic E-state index is 0.521. The molecule has 16 heavy (non-hydrogen) atoms. The maximum Gasteiger partial charge on any atom is 0.133 e. The van der Waals surface area contributed by atoms with Crippen LogP contribution in [0.4, 0.5) is 0 Å². The molecule has 0 saturated carbocycles. The van der Waals surface area contributed by atoms with Crippen molar-refractivity contribution in [3.8, 4) is 5.75 Å². The molecule has 0 unspecified atom stereocenters. The number of pyridine rings is 1. The fraction of sp³-hybridized carbons (Fsp3) is 0.154. The summed E-state index contributed by atoms with van der Waals surface area (Å²) in [6.07, 6.45) is 1.79. The van der Waals surface area contributed by atoms with Crippen molar-refractivity contribution in [3.05, 3.63) is 57.4 Å². The summed E-state index contributed by atoms with van der Waals surface area (Å²) in [5, 5.41) is 0. The molecule has 2 rings (SSSR count). The number of aryl methyl sites for hydroxylation is 1. The van der Waals surface area contributed by atoms with Crippen LogP contribution in [-0.2, 0) is 6.61 Å². The van der Waals surface area contributed by atoms with Gasteiger partial charge in [-0.1, -0.05) is 18.2 Å². The predicted molar refractivity (Wildman–Crippen MR) is 72.5 cm³/mol. The molecule has 2 nitrogen and oxygen atoms in total. The summed E-state index contributed by atoms with van der Waals surface area (Å²) in [6.45, 7) is 2.56. The number of hydrogen-bond acceptors (Lipinski definition) is 2. The highest BCUT2D eigenvalue weighted by Gasteiger charge is 2.02. The molecule has 0 atom stereocenters. The first kappa shape index (κ1) is 11.4. The molecule has 0 radical (unpaired) electrons. The SMILES string of the molecule is Cc1cccnc1COc1ccccc1I. The fourth-order valence-electron chi connectivity index (χ4n) is 1.38. The summed E-state index contributed by atoms with van der Waals surface area (Å²) in [6, 6.07) is 12.0. The van der Waals surface area contributed by atoms with Crippen molar-refractivity contribution in [2.24, 2.45) is 0 Å². The molecule has 2 aromatic rings. The lowest BCUT2D eigenvalue weighted by Gasteiger charge is -2.08. The van der Waals surface area contributed by atoms with Crippen molar-refractivity contribution < 1.29 is 4.74 Å². The lowest BCUT2D eigenvalue weighted by Crippen LogP contribution is -2.01. The van der Waals surface area contributed by atoms with Gasteiger partial charge in [-0.15, -0.1) is 0 Å². The number of aromatic nitrogens is 1. The van der Waals surface area contributed by atoms with E-state index in [0.717, 1.165) is 20.6 Å². The van der Waals surface area contributed by atoms with Crippen LogP contribution in [0.1, 0.15) is 11.3 Å². The van der Waals surface area contributed by atoms with Crippen molar-refractivity contribution in [2.45, 2.75) is 13.5 Å². The Hall–Kier alpha value is -1.10. The molecule has 0 bridgehead atoms. The molecule has 0 aliphatic carbocycles. The number of nitrogens with zero attached hydrogens (tertiary/aromatic N) is 1. The second-order valence-corrected chi connectivity index (χ2v) is 4.65. The Morgan fingerprint density at radius 2 is 2.00 bits per heavy atom. The van der Waals surface area contributed by atoms with E-state index in [2.05, 4.69) is 27.6 Å². The van der Waals surface area contributed by atoms with E-state index in [1.54, 1.807) is 6.20 Å². The van der Waals surface area contributed by atoms with E-state index in [-0.39, 0.29) is 0 Å². The third kappa shape index (κ3) is 2.72. The smallest absolute Gasteiger partial charge is 0.133 e. The zero-order valence-electron chi connectivity index (χ0n) is 8.98. The standard InChI is InChI=1S/C13H12INO/c1-10-5-4-8-15-12(10)9-16-13-7-3-2-6-11(13)14/h2-8H,9H2,1H3. The highest BCUT2D eigenvalue weighted by molar-refractivity contribution is 14.1. The van der Waals surface area contributed by atoms with Gasteiger partial charge in [0.2, 0.25) is 0 Å². The Morgan fingerprint density at radius 1 is 1.19 bits per heavy atom. The van der Waals surface area contributed by atoms with Crippen LogP contribution in [0.3, 0.4) is 0 Å². The Balaban J connectivity index is 2.09. The molecule has 1 aromatic carbocycles. The van der Waals surface area contributed by atoms with E-state index in [9.17, 15) is 0 Å². The van der Waals surface area contributed by atoms with E-state index in [4.69, 9.17) is 4.74 Å². The van der Waals surface area contributed by atoms with E-state index in [0.29, 0.717) is 6.61 Å². The first-order chi connectivity index (χ1) is 7.77. The third-order valence-electron chi connectivity index (χ3n) is 2.32. The normalized spacial score (nSPS) is 10.1. The van der Waals surface area contributed by atoms with Gasteiger partial charge in [0.25, 0.3) is 0 Å². The second-order valence-electron chi connectivity index (χ2n) is 3.49. The summed E-state index contributed by atoms with van der Waals surface area (Å²) in [5.74, 6) is 0.910. The second kappa shape index (κ2) is 5.30. The highest BCUT2D eigenvalue weighted by atomic mass is 127. The van der Waals surface area contributed by atoms with E-state index in [1.807, 2.05) is 43.3 Å². The van der Waals surface area contributed by atoms with Crippen molar-refractivity contribution >= 4 is 22.6 Å². The van der Waals surface area contributed by atoms with Crippen molar-refractivity contribution in [2.75, 3.05) is 0 Å². The average molecular weight is 325 g/mol. The maximum atomic E-state index is 5.73. The summed E-state index contributed by atoms with van der Waals surface area (Å²) >= 11 is 2.27. The van der Waals surface area contributed by atoms with Gasteiger partial charge in [-0.2, -0.15) is 0 Å². The summed E-state index contributed by atoms with van der Waals surface area (Å²) < 4.78 is 6.85. The Labute approximate surface area is 109 Å². The number of hydrogen-bond donors (Lipinski definition) is 0. The molecule has 82 valence electrons. The van der Waals surface area contributed by atoms with Crippen molar-refractivity contribution in [3.63, 3.8) is 0 Å². The fourth-order valence-corrected chi connectivity index (χ4v) is 1.92. The number of para-hydroxylation sites is 1. The van der Waals surface area contributed by atoms with Gasteiger partial charge in [-0.25, -0.2) is 0 Å². The van der Waals surface area contributed by atoms with Gasteiger partial charge in [-0.3, -0.25) is 4.98 Å². The third-order valence-corrected chi connectivity index (χ3v) is 3.21. The van der Waals surface area contributed by atoms with Gasteiger partial charge in [0, 0.05) is 6.20 Å². The molecule has 3 heteroatoms. The number of halogens is 1. The average Bonchev–Trinajstić information content (AvgIpc) is 2.30. The molecule has 1 aromatic heterocycles. The molecule has 1 heterocycles. The molecule has 0 saturated heterocycles. The van der Waals surface area contributed by atoms with Crippen LogP contribution in [0.5, 0.6) is 5.75 Å². The summed E-state index contributed by atoms with van der Waals surface area (Å²) in [4.78, 5) is 4.30. The van der Waals surface area contributed by atoms with Crippen molar-refractivity contribution in [1.29, 1.82) is 0 Å². The molecule has 0 N–H and O–H groups in total. The molecule has 0 amide bonds. The van der Waals surface area contributed by atoms with Crippen LogP contribution < -0.4 is 4.74 Å². The molecule has 0 aliphatic heterocycles. The lowest BCUT2D eigenvalue weighted by atomic mass is 10.2. The largest absolute Gasteiger partial charge is 0.486 e. The minimum absolute atomic E-state index is 0.521. The first-order valence-corrected chi connectivity index (χ1v) is 6.13. The number of rotatable bonds is 3. The molecule has 0 fully saturated rings. The van der Waals surface area contributed by atoms with Gasteiger partial charge in [0.15, 0.2) is 0 Å². The number of benzene rings is 1. The highest BCUT2D eigenvalue weighted by Crippen LogP contribution is 2.20. The zero-order chi connectivity index (χ0) is 11.4. The molecule has 0 aliphatic rings. The van der Waals surface area contributed by atoms with Gasteiger partial charge in [0.1, 0.15) is 12.4 Å². The topological polar surface area (TPSA) is 22.1 Å². The van der Waals surface area contributed by atoms with Gasteiger partial charge >= 0.3 is 0 Å². The monoisotopic (exact) mass is 325 g/mol. The van der Waals surface area contributed by atoms with E-state index in [1.165, 1.54) is 0 Å². The van der Waals surface area contributed by atoms with Gasteiger partial charge < -0.3 is 4.74 Å². The zero-order valence-corrected chi connectivity index (χ0v) is 11.1. The van der Waals surface area contributed by atoms with Gasteiger partial charge in [0.05, 0.1) is 9.26 Å². The van der Waals surface area contributed by atoms with Crippen LogP contribution in [0.25, 0.3) is 0 Å². The van der Waals surface area contributed by atoms with E-state index >= 15 is 0 Å². The minimum Gasteiger partial charge on any atom is -0.486 e. The first-order valence-electron chi connectivity index (χ1n) is 5.05. The van der Waals surface area contributed by atoms with Crippen LogP contribution >= 0.6 is 22.6 Å². The number of ether oxygens (including phenoxy) is 1. The van der Waals surface area contributed by atoms with Crippen LogP contribution in [-0.4, -0.2) is 4.98 Å². The van der Waals surface area contributed by atoms with Gasteiger partial charge in [-0.05, 0) is 53.3 Å². The molecule has 0 spiro atoms. The summed E-state index contributed by atoms with van der Waals surface area (Å²) in [5.41, 5.74) is 2.15. The quantitative estimate of drug-likeness (QED) is 0.805. The maximum absolute atomic E-state index is 5.73. The van der Waals surface area contributed by atoms with E-state index < -0.39 is 0 Å². The van der Waals surface area contributed by atoms with Crippen LogP contribution in [0.2, 0.25) is 0 Å². The van der Waals surface area contributed by atoms with Crippen molar-refractivity contribution in [1.82, 2.24) is 4.98 Å². The Kier molecular flexibility index (Phi) is 3.77. The Morgan fingerprint density at radius 3 is 2.75 bits per heavy atom. The van der Waals surface area contributed by atoms with Crippen LogP contribution in [0.15, 0.2) is 42.6 Å². The lowest BCUT2D eigenvalue weighted by molar-refractivity contribution is 0.298. The molecular weight excluding hydrogens is 313 g/mol. The Bertz CT molecular complexity index is 439.